The minimum atomic E-state index is -0.498. The number of carbonyl (C=O) groups excluding carboxylic acids is 2. The summed E-state index contributed by atoms with van der Waals surface area (Å²) >= 11 is 0. The van der Waals surface area contributed by atoms with Gasteiger partial charge in [0.2, 0.25) is 6.20 Å². The van der Waals surface area contributed by atoms with Gasteiger partial charge in [-0.3, -0.25) is 25.1 Å². The number of hydrazine groups is 1. The Balaban J connectivity index is 1.86. The highest BCUT2D eigenvalue weighted by molar-refractivity contribution is 6.13. The molecule has 0 spiro atoms. The lowest BCUT2D eigenvalue weighted by atomic mass is 9.99. The van der Waals surface area contributed by atoms with Crippen molar-refractivity contribution in [3.05, 3.63) is 94.2 Å². The van der Waals surface area contributed by atoms with E-state index in [2.05, 4.69) is 5.43 Å². The van der Waals surface area contributed by atoms with Crippen molar-refractivity contribution in [2.75, 3.05) is 5.43 Å². The zero-order valence-electron chi connectivity index (χ0n) is 13.0. The third kappa shape index (κ3) is 3.61. The Morgan fingerprint density at radius 3 is 2.04 bits per heavy atom. The van der Waals surface area contributed by atoms with Crippen LogP contribution in [0.4, 0.5) is 5.69 Å². The molecule has 0 aliphatic carbocycles. The van der Waals surface area contributed by atoms with E-state index in [4.69, 9.17) is 0 Å². The molecule has 0 aromatic heterocycles. The molecule has 1 aliphatic heterocycles. The number of hydrogen-bond donors (Lipinski definition) is 1. The van der Waals surface area contributed by atoms with Gasteiger partial charge >= 0.3 is 0 Å². The van der Waals surface area contributed by atoms with Gasteiger partial charge in [0.25, 0.3) is 11.8 Å². The van der Waals surface area contributed by atoms with Crippen molar-refractivity contribution < 1.29 is 14.5 Å². The van der Waals surface area contributed by atoms with Gasteiger partial charge in [-0.1, -0.05) is 42.5 Å². The number of benzene rings is 2. The molecule has 7 nitrogen and oxygen atoms in total. The van der Waals surface area contributed by atoms with Gasteiger partial charge in [0.1, 0.15) is 0 Å². The quantitative estimate of drug-likeness (QED) is 0.515. The molecule has 1 aliphatic rings. The molecule has 0 atom stereocenters. The highest BCUT2D eigenvalue weighted by Crippen LogP contribution is 2.25. The highest BCUT2D eigenvalue weighted by atomic mass is 16.6. The smallest absolute Gasteiger partial charge is 0.272 e. The number of hydrogen-bond acceptors (Lipinski definition) is 5. The molecule has 0 saturated heterocycles. The van der Waals surface area contributed by atoms with Crippen LogP contribution in [0.2, 0.25) is 0 Å². The molecule has 124 valence electrons. The minimum absolute atomic E-state index is 0.452. The van der Waals surface area contributed by atoms with Crippen LogP contribution in [-0.2, 0) is 9.59 Å². The van der Waals surface area contributed by atoms with Gasteiger partial charge in [-0.25, -0.2) is 0 Å². The van der Waals surface area contributed by atoms with Gasteiger partial charge in [0.15, 0.2) is 0 Å². The average Bonchev–Trinajstić information content (AvgIpc) is 2.93. The highest BCUT2D eigenvalue weighted by Gasteiger charge is 2.23. The van der Waals surface area contributed by atoms with Crippen LogP contribution in [0.3, 0.4) is 0 Å². The third-order valence-corrected chi connectivity index (χ3v) is 3.57. The zero-order valence-corrected chi connectivity index (χ0v) is 13.0. The van der Waals surface area contributed by atoms with Crippen LogP contribution in [0.5, 0.6) is 0 Å². The number of amides is 2. The third-order valence-electron chi connectivity index (χ3n) is 3.57. The predicted molar refractivity (Wildman–Crippen MR) is 91.6 cm³/mol. The summed E-state index contributed by atoms with van der Waals surface area (Å²) in [7, 11) is 0. The van der Waals surface area contributed by atoms with Gasteiger partial charge in [-0.2, -0.15) is 5.01 Å². The Labute approximate surface area is 143 Å². The van der Waals surface area contributed by atoms with E-state index < -0.39 is 16.7 Å². The topological polar surface area (TPSA) is 92.6 Å². The number of imide groups is 1. The van der Waals surface area contributed by atoms with E-state index in [-0.39, 0.29) is 0 Å². The first kappa shape index (κ1) is 16.1. The van der Waals surface area contributed by atoms with E-state index in [1.165, 1.54) is 12.2 Å². The second kappa shape index (κ2) is 6.79. The maximum absolute atomic E-state index is 11.5. The molecular formula is C18H13N3O4. The molecule has 25 heavy (non-hydrogen) atoms. The minimum Gasteiger partial charge on any atom is -0.288 e. The van der Waals surface area contributed by atoms with Crippen LogP contribution < -0.4 is 5.43 Å². The molecule has 3 rings (SSSR count). The molecule has 1 N–H and O–H groups in total. The van der Waals surface area contributed by atoms with E-state index in [0.29, 0.717) is 22.4 Å². The van der Waals surface area contributed by atoms with Crippen molar-refractivity contribution in [1.29, 1.82) is 0 Å². The van der Waals surface area contributed by atoms with E-state index in [9.17, 15) is 19.7 Å². The van der Waals surface area contributed by atoms with Crippen molar-refractivity contribution in [3.8, 4) is 0 Å². The molecular weight excluding hydrogens is 322 g/mol. The monoisotopic (exact) mass is 335 g/mol. The van der Waals surface area contributed by atoms with Crippen molar-refractivity contribution in [2.24, 2.45) is 0 Å². The Hall–Kier alpha value is -3.74. The Kier molecular flexibility index (Phi) is 4.38. The average molecular weight is 335 g/mol. The fourth-order valence-electron chi connectivity index (χ4n) is 2.40. The molecule has 0 unspecified atom stereocenters. The Bertz CT molecular complexity index is 868. The lowest BCUT2D eigenvalue weighted by Gasteiger charge is -2.16. The van der Waals surface area contributed by atoms with Gasteiger partial charge in [-0.15, -0.1) is 0 Å². The summed E-state index contributed by atoms with van der Waals surface area (Å²) in [5.74, 6) is -0.903. The first-order valence-corrected chi connectivity index (χ1v) is 7.38. The largest absolute Gasteiger partial charge is 0.288 e. The first-order chi connectivity index (χ1) is 12.0. The van der Waals surface area contributed by atoms with Crippen LogP contribution in [0.1, 0.15) is 11.1 Å². The lowest BCUT2D eigenvalue weighted by molar-refractivity contribution is -0.401. The second-order valence-corrected chi connectivity index (χ2v) is 5.23. The van der Waals surface area contributed by atoms with Crippen molar-refractivity contribution in [3.63, 3.8) is 0 Å². The van der Waals surface area contributed by atoms with Crippen LogP contribution in [0.25, 0.3) is 5.57 Å². The molecule has 0 bridgehead atoms. The summed E-state index contributed by atoms with van der Waals surface area (Å²) in [6.45, 7) is 0. The fourth-order valence-corrected chi connectivity index (χ4v) is 2.40. The van der Waals surface area contributed by atoms with Crippen LogP contribution in [0, 0.1) is 10.1 Å². The Morgan fingerprint density at radius 2 is 1.48 bits per heavy atom. The lowest BCUT2D eigenvalue weighted by Crippen LogP contribution is -2.35. The molecule has 1 heterocycles. The van der Waals surface area contributed by atoms with E-state index in [0.717, 1.165) is 11.2 Å². The predicted octanol–water partition coefficient (Wildman–Crippen LogP) is 2.60. The first-order valence-electron chi connectivity index (χ1n) is 7.38. The van der Waals surface area contributed by atoms with Crippen LogP contribution >= 0.6 is 0 Å². The van der Waals surface area contributed by atoms with E-state index in [1.54, 1.807) is 48.5 Å². The molecule has 7 heteroatoms. The van der Waals surface area contributed by atoms with Crippen LogP contribution in [-0.4, -0.2) is 21.7 Å². The summed E-state index contributed by atoms with van der Waals surface area (Å²) < 4.78 is 0. The van der Waals surface area contributed by atoms with Gasteiger partial charge in [-0.05, 0) is 23.3 Å². The van der Waals surface area contributed by atoms with Crippen molar-refractivity contribution in [2.45, 2.75) is 0 Å². The fraction of sp³-hybridized carbons (Fsp3) is 0. The molecule has 0 saturated carbocycles. The second-order valence-electron chi connectivity index (χ2n) is 5.23. The number of nitrogens with zero attached hydrogens (tertiary/aromatic N) is 2. The number of rotatable bonds is 5. The summed E-state index contributed by atoms with van der Waals surface area (Å²) in [6.07, 6.45) is 3.31. The molecule has 2 aromatic rings. The summed E-state index contributed by atoms with van der Waals surface area (Å²) in [5.41, 5.74) is 5.05. The SMILES string of the molecule is O=C1C=CC(=O)N1Nc1ccc(C(=C[N+](=O)[O-])c2ccccc2)cc1. The maximum atomic E-state index is 11.5. The standard InChI is InChI=1S/C18H13N3O4/c22-17-10-11-18(23)21(17)19-15-8-6-14(7-9-15)16(12-20(24)25)13-4-2-1-3-5-13/h1-12,19H. The van der Waals surface area contributed by atoms with Crippen molar-refractivity contribution >= 4 is 23.1 Å². The van der Waals surface area contributed by atoms with Gasteiger partial charge in [0.05, 0.1) is 16.2 Å². The number of carbonyl (C=O) groups is 2. The summed E-state index contributed by atoms with van der Waals surface area (Å²) in [6, 6.07) is 15.7. The molecule has 2 aromatic carbocycles. The number of anilines is 1. The summed E-state index contributed by atoms with van der Waals surface area (Å²) in [5, 5.41) is 11.8. The maximum Gasteiger partial charge on any atom is 0.272 e. The van der Waals surface area contributed by atoms with E-state index in [1.807, 2.05) is 6.07 Å². The normalized spacial score (nSPS) is 14.1. The van der Waals surface area contributed by atoms with Gasteiger partial charge < -0.3 is 0 Å². The van der Waals surface area contributed by atoms with E-state index >= 15 is 0 Å². The summed E-state index contributed by atoms with van der Waals surface area (Å²) in [4.78, 5) is 33.5. The van der Waals surface area contributed by atoms with Crippen molar-refractivity contribution in [1.82, 2.24) is 5.01 Å². The van der Waals surface area contributed by atoms with Gasteiger partial charge in [0, 0.05) is 12.2 Å². The number of nitro groups is 1. The molecule has 2 amide bonds. The zero-order chi connectivity index (χ0) is 17.8. The molecule has 0 fully saturated rings. The number of nitrogens with one attached hydrogen (secondary N) is 1. The molecule has 0 radical (unpaired) electrons. The Morgan fingerprint density at radius 1 is 0.920 bits per heavy atom. The van der Waals surface area contributed by atoms with Crippen LogP contribution in [0.15, 0.2) is 72.9 Å².